The number of amides is 1. The summed E-state index contributed by atoms with van der Waals surface area (Å²) in [6.45, 7) is 6.79. The zero-order valence-corrected chi connectivity index (χ0v) is 17.5. The van der Waals surface area contributed by atoms with Crippen molar-refractivity contribution >= 4 is 17.4 Å². The van der Waals surface area contributed by atoms with E-state index in [4.69, 9.17) is 4.74 Å². The molecule has 1 aromatic heterocycles. The van der Waals surface area contributed by atoms with Gasteiger partial charge >= 0.3 is 0 Å². The maximum Gasteiger partial charge on any atom is 0.295 e. The summed E-state index contributed by atoms with van der Waals surface area (Å²) >= 11 is 0. The van der Waals surface area contributed by atoms with Gasteiger partial charge in [0, 0.05) is 24.8 Å². The molecule has 1 fully saturated rings. The van der Waals surface area contributed by atoms with E-state index in [-0.39, 0.29) is 11.3 Å². The first kappa shape index (κ1) is 21.5. The summed E-state index contributed by atoms with van der Waals surface area (Å²) in [4.78, 5) is 33.9. The van der Waals surface area contributed by atoms with Gasteiger partial charge in [-0.1, -0.05) is 32.0 Å². The predicted octanol–water partition coefficient (Wildman–Crippen LogP) is 2.85. The summed E-state index contributed by atoms with van der Waals surface area (Å²) < 4.78 is 5.22. The number of carbonyl (C=O) groups is 2. The average molecular weight is 409 g/mol. The van der Waals surface area contributed by atoms with E-state index < -0.39 is 17.7 Å². The molecule has 1 saturated heterocycles. The van der Waals surface area contributed by atoms with E-state index in [0.29, 0.717) is 30.1 Å². The van der Waals surface area contributed by atoms with Gasteiger partial charge in [-0.2, -0.15) is 0 Å². The minimum absolute atomic E-state index is 0.0477. The molecular formula is C23H27N3O4. The van der Waals surface area contributed by atoms with Crippen LogP contribution in [0.2, 0.25) is 0 Å². The van der Waals surface area contributed by atoms with E-state index in [1.807, 2.05) is 0 Å². The lowest BCUT2D eigenvalue weighted by atomic mass is 9.98. The lowest BCUT2D eigenvalue weighted by Crippen LogP contribution is -2.38. The summed E-state index contributed by atoms with van der Waals surface area (Å²) in [5.74, 6) is -1.01. The molecule has 0 spiro atoms. The smallest absolute Gasteiger partial charge is 0.295 e. The monoisotopic (exact) mass is 409 g/mol. The Bertz CT molecular complexity index is 938. The van der Waals surface area contributed by atoms with Crippen molar-refractivity contribution in [2.75, 3.05) is 33.3 Å². The molecule has 1 aliphatic heterocycles. The second-order valence-corrected chi connectivity index (χ2v) is 7.01. The molecule has 158 valence electrons. The van der Waals surface area contributed by atoms with Crippen LogP contribution in [0.4, 0.5) is 0 Å². The first-order chi connectivity index (χ1) is 14.5. The fraction of sp³-hybridized carbons (Fsp3) is 0.348. The van der Waals surface area contributed by atoms with Crippen LogP contribution in [-0.4, -0.2) is 64.9 Å². The molecule has 0 saturated carbocycles. The highest BCUT2D eigenvalue weighted by Crippen LogP contribution is 2.38. The number of aromatic nitrogens is 1. The molecule has 30 heavy (non-hydrogen) atoms. The number of pyridine rings is 1. The van der Waals surface area contributed by atoms with Crippen LogP contribution in [0.15, 0.2) is 54.2 Å². The quantitative estimate of drug-likeness (QED) is 0.410. The largest absolute Gasteiger partial charge is 0.507 e. The number of aliphatic hydroxyl groups is 1. The van der Waals surface area contributed by atoms with Crippen molar-refractivity contribution < 1.29 is 19.4 Å². The fourth-order valence-electron chi connectivity index (χ4n) is 3.67. The maximum atomic E-state index is 13.0. The summed E-state index contributed by atoms with van der Waals surface area (Å²) in [5.41, 5.74) is 1.00. The van der Waals surface area contributed by atoms with Gasteiger partial charge in [0.2, 0.25) is 0 Å². The molecule has 1 aliphatic rings. The van der Waals surface area contributed by atoms with Crippen molar-refractivity contribution in [3.8, 4) is 5.75 Å². The number of hydrogen-bond acceptors (Lipinski definition) is 6. The fourth-order valence-corrected chi connectivity index (χ4v) is 3.67. The van der Waals surface area contributed by atoms with Crippen molar-refractivity contribution in [2.45, 2.75) is 19.9 Å². The Morgan fingerprint density at radius 1 is 1.17 bits per heavy atom. The van der Waals surface area contributed by atoms with Gasteiger partial charge in [0.1, 0.15) is 17.6 Å². The first-order valence-corrected chi connectivity index (χ1v) is 10.1. The molecule has 2 heterocycles. The number of hydrogen-bond donors (Lipinski definition) is 1. The lowest BCUT2D eigenvalue weighted by Gasteiger charge is -2.27. The molecule has 1 aromatic carbocycles. The summed E-state index contributed by atoms with van der Waals surface area (Å²) in [6.07, 6.45) is 1.62. The SMILES string of the molecule is CCN(CC)CCN1C(=O)C(=O)/C(=C(\O)c2cccc(OC)c2)[C@@H]1c1ccccn1. The molecule has 0 radical (unpaired) electrons. The molecule has 2 aromatic rings. The van der Waals surface area contributed by atoms with Gasteiger partial charge in [-0.05, 0) is 37.4 Å². The number of rotatable bonds is 8. The topological polar surface area (TPSA) is 83.0 Å². The number of carbonyl (C=O) groups excluding carboxylic acids is 2. The van der Waals surface area contributed by atoms with Crippen LogP contribution in [0.25, 0.3) is 5.76 Å². The maximum absolute atomic E-state index is 13.0. The number of aliphatic hydroxyl groups excluding tert-OH is 1. The lowest BCUT2D eigenvalue weighted by molar-refractivity contribution is -0.140. The standard InChI is InChI=1S/C23H27N3O4/c1-4-25(5-2)13-14-26-20(18-11-6-7-12-24-18)19(22(28)23(26)29)21(27)16-9-8-10-17(15-16)30-3/h6-12,15,20,27H,4-5,13-14H2,1-3H3/b21-19-/t20-/m0/s1. The number of likely N-dealkylation sites (tertiary alicyclic amines) is 1. The molecule has 7 nitrogen and oxygen atoms in total. The van der Waals surface area contributed by atoms with Gasteiger partial charge in [-0.25, -0.2) is 0 Å². The third-order valence-corrected chi connectivity index (χ3v) is 5.40. The average Bonchev–Trinajstić information content (AvgIpc) is 3.04. The first-order valence-electron chi connectivity index (χ1n) is 10.1. The zero-order valence-electron chi connectivity index (χ0n) is 17.5. The highest BCUT2D eigenvalue weighted by Gasteiger charge is 2.46. The van der Waals surface area contributed by atoms with Crippen LogP contribution in [0.1, 0.15) is 31.1 Å². The third-order valence-electron chi connectivity index (χ3n) is 5.40. The van der Waals surface area contributed by atoms with Crippen LogP contribution in [0, 0.1) is 0 Å². The molecule has 1 amide bonds. The highest BCUT2D eigenvalue weighted by atomic mass is 16.5. The van der Waals surface area contributed by atoms with E-state index in [9.17, 15) is 14.7 Å². The number of benzene rings is 1. The minimum Gasteiger partial charge on any atom is -0.507 e. The van der Waals surface area contributed by atoms with Crippen LogP contribution in [0.3, 0.4) is 0 Å². The summed E-state index contributed by atoms with van der Waals surface area (Å²) in [7, 11) is 1.53. The number of ether oxygens (including phenoxy) is 1. The van der Waals surface area contributed by atoms with E-state index in [1.165, 1.54) is 12.0 Å². The number of likely N-dealkylation sites (N-methyl/N-ethyl adjacent to an activating group) is 1. The van der Waals surface area contributed by atoms with E-state index >= 15 is 0 Å². The Balaban J connectivity index is 2.08. The van der Waals surface area contributed by atoms with Gasteiger partial charge in [0.15, 0.2) is 0 Å². The van der Waals surface area contributed by atoms with Crippen LogP contribution in [0.5, 0.6) is 5.75 Å². The molecule has 0 bridgehead atoms. The Morgan fingerprint density at radius 3 is 2.57 bits per heavy atom. The second kappa shape index (κ2) is 9.54. The predicted molar refractivity (Wildman–Crippen MR) is 114 cm³/mol. The van der Waals surface area contributed by atoms with Crippen molar-refractivity contribution in [1.82, 2.24) is 14.8 Å². The molecule has 7 heteroatoms. The van der Waals surface area contributed by atoms with Crippen molar-refractivity contribution in [2.24, 2.45) is 0 Å². The number of ketones is 1. The highest BCUT2D eigenvalue weighted by molar-refractivity contribution is 6.46. The van der Waals surface area contributed by atoms with Crippen molar-refractivity contribution in [3.63, 3.8) is 0 Å². The number of nitrogens with zero attached hydrogens (tertiary/aromatic N) is 3. The van der Waals surface area contributed by atoms with E-state index in [1.54, 1.807) is 48.7 Å². The van der Waals surface area contributed by atoms with E-state index in [0.717, 1.165) is 13.1 Å². The second-order valence-electron chi connectivity index (χ2n) is 7.01. The minimum atomic E-state index is -0.743. The van der Waals surface area contributed by atoms with Gasteiger partial charge in [0.05, 0.1) is 18.4 Å². The molecule has 0 aliphatic carbocycles. The van der Waals surface area contributed by atoms with Crippen LogP contribution in [-0.2, 0) is 9.59 Å². The summed E-state index contributed by atoms with van der Waals surface area (Å²) in [5, 5.41) is 11.0. The van der Waals surface area contributed by atoms with Crippen LogP contribution < -0.4 is 4.74 Å². The molecule has 1 N–H and O–H groups in total. The molecule has 0 unspecified atom stereocenters. The molecular weight excluding hydrogens is 382 g/mol. The molecule has 3 rings (SSSR count). The summed E-state index contributed by atoms with van der Waals surface area (Å²) in [6, 6.07) is 11.4. The molecule has 1 atom stereocenters. The van der Waals surface area contributed by atoms with Gasteiger partial charge in [-0.15, -0.1) is 0 Å². The third kappa shape index (κ3) is 4.21. The Labute approximate surface area is 176 Å². The van der Waals surface area contributed by atoms with Crippen molar-refractivity contribution in [3.05, 3.63) is 65.5 Å². The van der Waals surface area contributed by atoms with E-state index in [2.05, 4.69) is 23.7 Å². The number of methoxy groups -OCH3 is 1. The Kier molecular flexibility index (Phi) is 6.84. The normalized spacial score (nSPS) is 18.3. The number of Topliss-reactive ketones (excluding diaryl/α,β-unsaturated/α-hetero) is 1. The Hall–Kier alpha value is -3.19. The van der Waals surface area contributed by atoms with Gasteiger partial charge < -0.3 is 19.6 Å². The van der Waals surface area contributed by atoms with Gasteiger partial charge in [0.25, 0.3) is 11.7 Å². The Morgan fingerprint density at radius 2 is 1.93 bits per heavy atom. The van der Waals surface area contributed by atoms with Crippen molar-refractivity contribution in [1.29, 1.82) is 0 Å². The van der Waals surface area contributed by atoms with Crippen LogP contribution >= 0.6 is 0 Å². The zero-order chi connectivity index (χ0) is 21.7. The van der Waals surface area contributed by atoms with Gasteiger partial charge in [-0.3, -0.25) is 14.6 Å².